The molecule has 0 amide bonds. The SMILES string of the molecule is CC(C)Oc1cc(-n2c(-c3cncn3C)nc3cc(-c4cnn(C)c4)c(C(F)(F)F)cc32)cc2c1n(C)c(=O)n2C. The van der Waals surface area contributed by atoms with Crippen LogP contribution in [0.1, 0.15) is 19.4 Å². The fraction of sp³-hybridized carbons (Fsp3) is 0.286. The van der Waals surface area contributed by atoms with Crippen molar-refractivity contribution in [3.8, 4) is 34.1 Å². The zero-order valence-corrected chi connectivity index (χ0v) is 23.2. The first-order chi connectivity index (χ1) is 19.3. The Bertz CT molecular complexity index is 2020. The Labute approximate surface area is 231 Å². The lowest BCUT2D eigenvalue weighted by atomic mass is 10.0. The van der Waals surface area contributed by atoms with Crippen molar-refractivity contribution in [1.82, 2.24) is 38.0 Å². The van der Waals surface area contributed by atoms with E-state index in [-0.39, 0.29) is 22.9 Å². The molecule has 0 unspecified atom stereocenters. The number of hydrogen-bond donors (Lipinski definition) is 0. The number of fused-ring (bicyclic) bond motifs is 2. The van der Waals surface area contributed by atoms with Crippen LogP contribution >= 0.6 is 0 Å². The molecular formula is C28H27F3N8O2. The predicted octanol–water partition coefficient (Wildman–Crippen LogP) is 4.82. The van der Waals surface area contributed by atoms with E-state index >= 15 is 0 Å². The lowest BCUT2D eigenvalue weighted by Gasteiger charge is -2.17. The van der Waals surface area contributed by atoms with Crippen LogP contribution in [0.3, 0.4) is 0 Å². The van der Waals surface area contributed by atoms with Gasteiger partial charge in [-0.15, -0.1) is 0 Å². The number of alkyl halides is 3. The molecule has 0 aliphatic heterocycles. The Morgan fingerprint density at radius 3 is 2.32 bits per heavy atom. The summed E-state index contributed by atoms with van der Waals surface area (Å²) in [4.78, 5) is 21.9. The van der Waals surface area contributed by atoms with Gasteiger partial charge in [-0.1, -0.05) is 0 Å². The lowest BCUT2D eigenvalue weighted by molar-refractivity contribution is -0.137. The molecule has 0 fully saturated rings. The second kappa shape index (κ2) is 9.11. The third kappa shape index (κ3) is 4.19. The second-order valence-corrected chi connectivity index (χ2v) is 10.3. The smallest absolute Gasteiger partial charge is 0.417 e. The molecular weight excluding hydrogens is 537 g/mol. The maximum atomic E-state index is 14.5. The summed E-state index contributed by atoms with van der Waals surface area (Å²) < 4.78 is 57.5. The van der Waals surface area contributed by atoms with Crippen molar-refractivity contribution in [3.63, 3.8) is 0 Å². The summed E-state index contributed by atoms with van der Waals surface area (Å²) in [5.74, 6) is 0.806. The Morgan fingerprint density at radius 2 is 1.71 bits per heavy atom. The molecule has 6 rings (SSSR count). The zero-order chi connectivity index (χ0) is 29.4. The molecule has 0 saturated heterocycles. The van der Waals surface area contributed by atoms with E-state index in [0.29, 0.717) is 45.1 Å². The lowest BCUT2D eigenvalue weighted by Crippen LogP contribution is -2.19. The van der Waals surface area contributed by atoms with Gasteiger partial charge in [0.05, 0.1) is 52.6 Å². The van der Waals surface area contributed by atoms with Crippen molar-refractivity contribution in [2.24, 2.45) is 28.2 Å². The van der Waals surface area contributed by atoms with E-state index in [1.165, 1.54) is 32.3 Å². The van der Waals surface area contributed by atoms with Crippen molar-refractivity contribution in [2.45, 2.75) is 26.1 Å². The second-order valence-electron chi connectivity index (χ2n) is 10.3. The molecule has 2 aromatic carbocycles. The molecule has 4 aromatic heterocycles. The van der Waals surface area contributed by atoms with Gasteiger partial charge < -0.3 is 9.30 Å². The number of aromatic nitrogens is 8. The van der Waals surface area contributed by atoms with Crippen molar-refractivity contribution < 1.29 is 17.9 Å². The Hall–Kier alpha value is -4.81. The molecule has 41 heavy (non-hydrogen) atoms. The van der Waals surface area contributed by atoms with Crippen LogP contribution in [0.25, 0.3) is 50.4 Å². The molecule has 0 spiro atoms. The van der Waals surface area contributed by atoms with E-state index in [2.05, 4.69) is 10.1 Å². The van der Waals surface area contributed by atoms with E-state index in [1.54, 1.807) is 62.0 Å². The number of imidazole rings is 3. The van der Waals surface area contributed by atoms with Gasteiger partial charge in [0, 0.05) is 46.0 Å². The average Bonchev–Trinajstić information content (AvgIpc) is 3.65. The fourth-order valence-corrected chi connectivity index (χ4v) is 5.23. The molecule has 0 aliphatic rings. The number of aryl methyl sites for hydroxylation is 4. The van der Waals surface area contributed by atoms with E-state index in [1.807, 2.05) is 13.8 Å². The summed E-state index contributed by atoms with van der Waals surface area (Å²) in [6.07, 6.45) is 1.26. The summed E-state index contributed by atoms with van der Waals surface area (Å²) >= 11 is 0. The monoisotopic (exact) mass is 564 g/mol. The quantitative estimate of drug-likeness (QED) is 0.300. The van der Waals surface area contributed by atoms with Gasteiger partial charge in [0.25, 0.3) is 0 Å². The number of ether oxygens (including phenoxy) is 1. The van der Waals surface area contributed by atoms with Crippen LogP contribution in [-0.2, 0) is 34.4 Å². The first-order valence-corrected chi connectivity index (χ1v) is 12.8. The molecule has 0 N–H and O–H groups in total. The summed E-state index contributed by atoms with van der Waals surface area (Å²) in [6, 6.07) is 6.04. The van der Waals surface area contributed by atoms with Gasteiger partial charge in [-0.05, 0) is 37.6 Å². The number of rotatable bonds is 5. The first-order valence-electron chi connectivity index (χ1n) is 12.8. The van der Waals surface area contributed by atoms with E-state index in [0.717, 1.165) is 6.07 Å². The third-order valence-electron chi connectivity index (χ3n) is 7.09. The van der Waals surface area contributed by atoms with Crippen LogP contribution in [-0.4, -0.2) is 44.1 Å². The molecule has 4 heterocycles. The minimum Gasteiger partial charge on any atom is -0.489 e. The first kappa shape index (κ1) is 26.4. The van der Waals surface area contributed by atoms with Crippen molar-refractivity contribution in [3.05, 3.63) is 65.2 Å². The number of hydrogen-bond acceptors (Lipinski definition) is 5. The highest BCUT2D eigenvalue weighted by Gasteiger charge is 2.35. The standard InChI is InChI=1S/C28H27F3N8O2/c1-15(2)41-24-8-17(7-22-25(24)38(6)27(40)37(22)5)39-21-10-19(28(29,30)31)18(16-11-33-36(4)13-16)9-20(21)34-26(39)23-12-32-14-35(23)3/h7-15H,1-6H3. The minimum atomic E-state index is -4.65. The Balaban J connectivity index is 1.75. The normalized spacial score (nSPS) is 12.3. The molecule has 6 aromatic rings. The highest BCUT2D eigenvalue weighted by molar-refractivity contribution is 5.91. The molecule has 0 atom stereocenters. The van der Waals surface area contributed by atoms with Crippen molar-refractivity contribution in [2.75, 3.05) is 0 Å². The van der Waals surface area contributed by atoms with Crippen LogP contribution in [0.15, 0.2) is 54.0 Å². The number of nitrogens with zero attached hydrogens (tertiary/aromatic N) is 8. The predicted molar refractivity (Wildman–Crippen MR) is 148 cm³/mol. The van der Waals surface area contributed by atoms with E-state index in [9.17, 15) is 18.0 Å². The molecule has 13 heteroatoms. The summed E-state index contributed by atoms with van der Waals surface area (Å²) in [6.45, 7) is 3.73. The highest BCUT2D eigenvalue weighted by atomic mass is 19.4. The molecule has 10 nitrogen and oxygen atoms in total. The number of benzene rings is 2. The van der Waals surface area contributed by atoms with Crippen LogP contribution in [0.2, 0.25) is 0 Å². The van der Waals surface area contributed by atoms with Gasteiger partial charge >= 0.3 is 11.9 Å². The molecule has 0 bridgehead atoms. The van der Waals surface area contributed by atoms with Crippen LogP contribution in [0.5, 0.6) is 5.75 Å². The van der Waals surface area contributed by atoms with Gasteiger partial charge in [-0.25, -0.2) is 14.8 Å². The van der Waals surface area contributed by atoms with Gasteiger partial charge in [0.15, 0.2) is 5.82 Å². The van der Waals surface area contributed by atoms with Crippen LogP contribution in [0.4, 0.5) is 13.2 Å². The summed E-state index contributed by atoms with van der Waals surface area (Å²) in [5.41, 5.74) is 2.02. The summed E-state index contributed by atoms with van der Waals surface area (Å²) in [7, 11) is 6.73. The summed E-state index contributed by atoms with van der Waals surface area (Å²) in [5, 5.41) is 4.07. The highest BCUT2D eigenvalue weighted by Crippen LogP contribution is 2.42. The third-order valence-corrected chi connectivity index (χ3v) is 7.09. The zero-order valence-electron chi connectivity index (χ0n) is 23.2. The van der Waals surface area contributed by atoms with Gasteiger partial charge in [0.1, 0.15) is 17.0 Å². The number of halogens is 3. The van der Waals surface area contributed by atoms with E-state index < -0.39 is 11.7 Å². The molecule has 0 aliphatic carbocycles. The van der Waals surface area contributed by atoms with Crippen LogP contribution < -0.4 is 10.4 Å². The van der Waals surface area contributed by atoms with Gasteiger partial charge in [-0.3, -0.25) is 18.4 Å². The van der Waals surface area contributed by atoms with Gasteiger partial charge in [0.2, 0.25) is 0 Å². The largest absolute Gasteiger partial charge is 0.489 e. The van der Waals surface area contributed by atoms with Crippen molar-refractivity contribution in [1.29, 1.82) is 0 Å². The van der Waals surface area contributed by atoms with Crippen molar-refractivity contribution >= 4 is 22.1 Å². The van der Waals surface area contributed by atoms with E-state index in [4.69, 9.17) is 9.72 Å². The van der Waals surface area contributed by atoms with Gasteiger partial charge in [-0.2, -0.15) is 18.3 Å². The minimum absolute atomic E-state index is 0.0240. The maximum absolute atomic E-state index is 14.5. The fourth-order valence-electron chi connectivity index (χ4n) is 5.23. The maximum Gasteiger partial charge on any atom is 0.417 e. The topological polar surface area (TPSA) is 89.6 Å². The Kier molecular flexibility index (Phi) is 5.87. The average molecular weight is 565 g/mol. The van der Waals surface area contributed by atoms with Crippen LogP contribution in [0, 0.1) is 0 Å². The molecule has 212 valence electrons. The Morgan fingerprint density at radius 1 is 0.951 bits per heavy atom. The molecule has 0 saturated carbocycles. The molecule has 0 radical (unpaired) electrons.